The topological polar surface area (TPSA) is 49.4 Å². The van der Waals surface area contributed by atoms with Gasteiger partial charge in [-0.2, -0.15) is 13.2 Å². The fourth-order valence-corrected chi connectivity index (χ4v) is 2.18. The number of para-hydroxylation sites is 1. The summed E-state index contributed by atoms with van der Waals surface area (Å²) in [6.45, 7) is 0. The highest BCUT2D eigenvalue weighted by molar-refractivity contribution is 6.33. The lowest BCUT2D eigenvalue weighted by molar-refractivity contribution is -0.138. The maximum Gasteiger partial charge on any atom is 0.418 e. The van der Waals surface area contributed by atoms with Crippen molar-refractivity contribution in [3.63, 3.8) is 0 Å². The first-order valence-corrected chi connectivity index (χ1v) is 6.02. The molecule has 2 rings (SSSR count). The summed E-state index contributed by atoms with van der Waals surface area (Å²) in [5.41, 5.74) is -1.36. The minimum atomic E-state index is -4.61. The summed E-state index contributed by atoms with van der Waals surface area (Å²) in [7, 11) is 1.28. The minimum Gasteiger partial charge on any atom is -0.372 e. The van der Waals surface area contributed by atoms with Crippen LogP contribution < -0.4 is 5.32 Å². The van der Waals surface area contributed by atoms with Crippen molar-refractivity contribution < 1.29 is 22.8 Å². The Morgan fingerprint density at radius 1 is 1.35 bits per heavy atom. The van der Waals surface area contributed by atoms with Crippen molar-refractivity contribution >= 4 is 29.1 Å². The number of anilines is 1. The number of alkyl halides is 3. The second-order valence-corrected chi connectivity index (χ2v) is 4.76. The Bertz CT molecular complexity index is 574. The average molecular weight is 307 g/mol. The third-order valence-electron chi connectivity index (χ3n) is 3.02. The van der Waals surface area contributed by atoms with Crippen LogP contribution in [0, 0.1) is 0 Å². The number of halogens is 4. The largest absolute Gasteiger partial charge is 0.418 e. The monoisotopic (exact) mass is 306 g/mol. The summed E-state index contributed by atoms with van der Waals surface area (Å²) in [5, 5.41) is 2.27. The zero-order chi connectivity index (χ0) is 15.1. The third kappa shape index (κ3) is 2.58. The maximum atomic E-state index is 12.9. The lowest BCUT2D eigenvalue weighted by Gasteiger charge is -2.18. The molecule has 1 aromatic rings. The van der Waals surface area contributed by atoms with E-state index in [0.29, 0.717) is 0 Å². The van der Waals surface area contributed by atoms with Gasteiger partial charge in [0.2, 0.25) is 5.91 Å². The van der Waals surface area contributed by atoms with Gasteiger partial charge < -0.3 is 5.32 Å². The van der Waals surface area contributed by atoms with E-state index in [1.165, 1.54) is 19.2 Å². The number of hydrogen-bond acceptors (Lipinski definition) is 3. The maximum absolute atomic E-state index is 12.9. The summed E-state index contributed by atoms with van der Waals surface area (Å²) in [5.74, 6) is -1.03. The summed E-state index contributed by atoms with van der Waals surface area (Å²) < 4.78 is 38.7. The van der Waals surface area contributed by atoms with Crippen LogP contribution in [0.4, 0.5) is 18.9 Å². The molecule has 8 heteroatoms. The van der Waals surface area contributed by atoms with Crippen molar-refractivity contribution in [2.45, 2.75) is 18.6 Å². The van der Waals surface area contributed by atoms with E-state index in [4.69, 9.17) is 11.6 Å². The molecular formula is C12H10ClF3N2O2. The number of benzene rings is 1. The number of likely N-dealkylation sites (N-methyl/N-ethyl adjacent to an activating group) is 1. The number of hydrogen-bond donors (Lipinski definition) is 1. The second-order valence-electron chi connectivity index (χ2n) is 4.35. The van der Waals surface area contributed by atoms with Crippen LogP contribution in [0.1, 0.15) is 12.0 Å². The van der Waals surface area contributed by atoms with Crippen LogP contribution in [0.15, 0.2) is 18.2 Å². The van der Waals surface area contributed by atoms with Crippen LogP contribution in [-0.4, -0.2) is 29.8 Å². The molecule has 1 unspecified atom stereocenters. The lowest BCUT2D eigenvalue weighted by Crippen LogP contribution is -2.32. The Morgan fingerprint density at radius 3 is 2.50 bits per heavy atom. The summed E-state index contributed by atoms with van der Waals surface area (Å²) in [4.78, 5) is 23.9. The predicted molar refractivity (Wildman–Crippen MR) is 66.3 cm³/mol. The number of carbonyl (C=O) groups is 2. The highest BCUT2D eigenvalue weighted by Gasteiger charge is 2.39. The van der Waals surface area contributed by atoms with Crippen molar-refractivity contribution in [3.05, 3.63) is 28.8 Å². The van der Waals surface area contributed by atoms with Gasteiger partial charge in [-0.15, -0.1) is 0 Å². The van der Waals surface area contributed by atoms with Crippen molar-refractivity contribution in [2.75, 3.05) is 12.4 Å². The fraction of sp³-hybridized carbons (Fsp3) is 0.333. The summed E-state index contributed by atoms with van der Waals surface area (Å²) in [6, 6.07) is 2.28. The van der Waals surface area contributed by atoms with E-state index in [-0.39, 0.29) is 17.1 Å². The van der Waals surface area contributed by atoms with E-state index >= 15 is 0 Å². The first-order chi connectivity index (χ1) is 9.21. The molecule has 4 nitrogen and oxygen atoms in total. The zero-order valence-corrected chi connectivity index (χ0v) is 11.0. The number of imide groups is 1. The van der Waals surface area contributed by atoms with Gasteiger partial charge in [0.05, 0.1) is 22.7 Å². The van der Waals surface area contributed by atoms with Crippen LogP contribution in [-0.2, 0) is 15.8 Å². The molecule has 1 saturated heterocycles. The number of nitrogens with zero attached hydrogens (tertiary/aromatic N) is 1. The zero-order valence-electron chi connectivity index (χ0n) is 10.3. The first-order valence-electron chi connectivity index (χ1n) is 5.64. The third-order valence-corrected chi connectivity index (χ3v) is 3.33. The molecule has 1 N–H and O–H groups in total. The summed E-state index contributed by atoms with van der Waals surface area (Å²) >= 11 is 5.76. The van der Waals surface area contributed by atoms with E-state index in [2.05, 4.69) is 5.32 Å². The molecule has 1 aromatic carbocycles. The van der Waals surface area contributed by atoms with Gasteiger partial charge in [-0.3, -0.25) is 14.5 Å². The quantitative estimate of drug-likeness (QED) is 0.854. The first kappa shape index (κ1) is 14.6. The van der Waals surface area contributed by atoms with Crippen LogP contribution in [0.5, 0.6) is 0 Å². The molecule has 1 aliphatic rings. The van der Waals surface area contributed by atoms with Crippen LogP contribution in [0.3, 0.4) is 0 Å². The van der Waals surface area contributed by atoms with E-state index in [1.807, 2.05) is 0 Å². The van der Waals surface area contributed by atoms with E-state index in [9.17, 15) is 22.8 Å². The smallest absolute Gasteiger partial charge is 0.372 e. The van der Waals surface area contributed by atoms with Gasteiger partial charge >= 0.3 is 6.18 Å². The van der Waals surface area contributed by atoms with Crippen molar-refractivity contribution in [3.8, 4) is 0 Å². The highest BCUT2D eigenvalue weighted by Crippen LogP contribution is 2.39. The molecular weight excluding hydrogens is 297 g/mol. The molecule has 108 valence electrons. The van der Waals surface area contributed by atoms with Crippen LogP contribution in [0.2, 0.25) is 5.02 Å². The molecule has 1 fully saturated rings. The molecule has 1 aliphatic heterocycles. The number of carbonyl (C=O) groups excluding carboxylic acids is 2. The Kier molecular flexibility index (Phi) is 3.64. The van der Waals surface area contributed by atoms with Crippen molar-refractivity contribution in [1.82, 2.24) is 4.90 Å². The molecule has 1 heterocycles. The molecule has 0 radical (unpaired) electrons. The second kappa shape index (κ2) is 4.97. The number of rotatable bonds is 2. The van der Waals surface area contributed by atoms with Crippen molar-refractivity contribution in [2.24, 2.45) is 0 Å². The Morgan fingerprint density at radius 2 is 2.00 bits per heavy atom. The van der Waals surface area contributed by atoms with Gasteiger partial charge in [-0.1, -0.05) is 17.7 Å². The summed E-state index contributed by atoms with van der Waals surface area (Å²) in [6.07, 6.45) is -4.80. The molecule has 0 saturated carbocycles. The SMILES string of the molecule is CN1C(=O)CC(Nc2c(Cl)cccc2C(F)(F)F)C1=O. The molecule has 0 spiro atoms. The Labute approximate surface area is 117 Å². The predicted octanol–water partition coefficient (Wildman–Crippen LogP) is 2.53. The van der Waals surface area contributed by atoms with Gasteiger partial charge in [0.1, 0.15) is 6.04 Å². The Hall–Kier alpha value is -1.76. The molecule has 0 bridgehead atoms. The Balaban J connectivity index is 2.35. The van der Waals surface area contributed by atoms with Crippen molar-refractivity contribution in [1.29, 1.82) is 0 Å². The molecule has 0 aliphatic carbocycles. The van der Waals surface area contributed by atoms with Gasteiger partial charge in [0, 0.05) is 7.05 Å². The van der Waals surface area contributed by atoms with Gasteiger partial charge in [0.15, 0.2) is 0 Å². The van der Waals surface area contributed by atoms with Gasteiger partial charge in [-0.05, 0) is 12.1 Å². The standard InChI is InChI=1S/C12H10ClF3N2O2/c1-18-9(19)5-8(11(18)20)17-10-6(12(14,15)16)3-2-4-7(10)13/h2-4,8,17H,5H2,1H3. The van der Waals surface area contributed by atoms with E-state index in [0.717, 1.165) is 11.0 Å². The molecule has 0 aromatic heterocycles. The number of likely N-dealkylation sites (tertiary alicyclic amines) is 1. The minimum absolute atomic E-state index is 0.158. The molecule has 20 heavy (non-hydrogen) atoms. The molecule has 1 atom stereocenters. The highest BCUT2D eigenvalue weighted by atomic mass is 35.5. The normalized spacial score (nSPS) is 19.6. The van der Waals surface area contributed by atoms with Gasteiger partial charge in [0.25, 0.3) is 5.91 Å². The van der Waals surface area contributed by atoms with E-state index in [1.54, 1.807) is 0 Å². The van der Waals surface area contributed by atoms with E-state index < -0.39 is 29.6 Å². The number of amides is 2. The fourth-order valence-electron chi connectivity index (χ4n) is 1.95. The molecule has 2 amide bonds. The van der Waals surface area contributed by atoms with Crippen LogP contribution >= 0.6 is 11.6 Å². The van der Waals surface area contributed by atoms with Crippen LogP contribution in [0.25, 0.3) is 0 Å². The number of nitrogens with one attached hydrogen (secondary N) is 1. The average Bonchev–Trinajstić information content (AvgIpc) is 2.58. The van der Waals surface area contributed by atoms with Gasteiger partial charge in [-0.25, -0.2) is 0 Å². The lowest BCUT2D eigenvalue weighted by atomic mass is 10.1.